The van der Waals surface area contributed by atoms with E-state index in [1.807, 2.05) is 0 Å². The lowest BCUT2D eigenvalue weighted by molar-refractivity contribution is 0.436. The molecule has 16 heavy (non-hydrogen) atoms. The van der Waals surface area contributed by atoms with Crippen LogP contribution in [0.2, 0.25) is 0 Å². The predicted octanol–water partition coefficient (Wildman–Crippen LogP) is 2.92. The van der Waals surface area contributed by atoms with Crippen molar-refractivity contribution in [1.82, 2.24) is 5.16 Å². The molecule has 84 valence electrons. The molecule has 0 saturated carbocycles. The topological polar surface area (TPSA) is 52.0 Å². The van der Waals surface area contributed by atoms with Gasteiger partial charge >= 0.3 is 0 Å². The number of hydrogen-bond donors (Lipinski definition) is 1. The van der Waals surface area contributed by atoms with Crippen molar-refractivity contribution < 1.29 is 13.3 Å². The number of aromatic nitrogens is 1. The maximum atomic E-state index is 13.7. The number of nitrogens with two attached hydrogens (primary N) is 1. The largest absolute Gasteiger partial charge is 0.367 e. The SMILES string of the molecule is CSc1ccc(-c2cnoc2N)c(F)c1F. The molecule has 0 aliphatic rings. The summed E-state index contributed by atoms with van der Waals surface area (Å²) in [4.78, 5) is 0.247. The molecule has 1 aromatic heterocycles. The van der Waals surface area contributed by atoms with Crippen molar-refractivity contribution in [2.75, 3.05) is 12.0 Å². The average molecular weight is 242 g/mol. The van der Waals surface area contributed by atoms with Crippen LogP contribution >= 0.6 is 11.8 Å². The zero-order valence-electron chi connectivity index (χ0n) is 8.33. The summed E-state index contributed by atoms with van der Waals surface area (Å²) in [6, 6.07) is 2.94. The second kappa shape index (κ2) is 4.13. The van der Waals surface area contributed by atoms with E-state index in [9.17, 15) is 8.78 Å². The number of thioether (sulfide) groups is 1. The molecular formula is C10H8F2N2OS. The van der Waals surface area contributed by atoms with E-state index < -0.39 is 11.6 Å². The molecule has 1 heterocycles. The highest BCUT2D eigenvalue weighted by atomic mass is 32.2. The molecule has 0 unspecified atom stereocenters. The van der Waals surface area contributed by atoms with Gasteiger partial charge in [0, 0.05) is 10.5 Å². The molecule has 0 saturated heterocycles. The normalized spacial score (nSPS) is 10.7. The first-order chi connectivity index (χ1) is 7.65. The van der Waals surface area contributed by atoms with Crippen LogP contribution in [0.4, 0.5) is 14.7 Å². The number of nitrogen functional groups attached to an aromatic ring is 1. The predicted molar refractivity (Wildman–Crippen MR) is 58.0 cm³/mol. The van der Waals surface area contributed by atoms with E-state index >= 15 is 0 Å². The van der Waals surface area contributed by atoms with E-state index in [2.05, 4.69) is 9.68 Å². The molecular weight excluding hydrogens is 234 g/mol. The Bertz CT molecular complexity index is 528. The van der Waals surface area contributed by atoms with Crippen LogP contribution in [0.15, 0.2) is 27.7 Å². The van der Waals surface area contributed by atoms with E-state index in [4.69, 9.17) is 5.73 Å². The van der Waals surface area contributed by atoms with Crippen molar-refractivity contribution in [3.63, 3.8) is 0 Å². The fourth-order valence-corrected chi connectivity index (χ4v) is 1.82. The Kier molecular flexibility index (Phi) is 2.82. The van der Waals surface area contributed by atoms with Gasteiger partial charge in [0.25, 0.3) is 0 Å². The van der Waals surface area contributed by atoms with Gasteiger partial charge in [0.1, 0.15) is 0 Å². The van der Waals surface area contributed by atoms with Crippen LogP contribution in [0, 0.1) is 11.6 Å². The molecule has 6 heteroatoms. The summed E-state index contributed by atoms with van der Waals surface area (Å²) >= 11 is 1.13. The van der Waals surface area contributed by atoms with Gasteiger partial charge in [-0.1, -0.05) is 5.16 Å². The molecule has 0 bridgehead atoms. The standard InChI is InChI=1S/C10H8F2N2OS/c1-16-7-3-2-5(8(11)9(7)12)6-4-14-15-10(6)13/h2-4H,13H2,1H3. The maximum Gasteiger partial charge on any atom is 0.230 e. The van der Waals surface area contributed by atoms with E-state index in [1.165, 1.54) is 18.3 Å². The molecule has 0 atom stereocenters. The summed E-state index contributed by atoms with van der Waals surface area (Å²) in [5, 5.41) is 3.42. The molecule has 0 spiro atoms. The third-order valence-electron chi connectivity index (χ3n) is 2.16. The quantitative estimate of drug-likeness (QED) is 0.822. The first kappa shape index (κ1) is 10.9. The number of nitrogens with zero attached hydrogens (tertiary/aromatic N) is 1. The van der Waals surface area contributed by atoms with Gasteiger partial charge in [-0.25, -0.2) is 8.78 Å². The van der Waals surface area contributed by atoms with E-state index in [-0.39, 0.29) is 21.9 Å². The number of halogens is 2. The van der Waals surface area contributed by atoms with Crippen LogP contribution in [0.5, 0.6) is 0 Å². The van der Waals surface area contributed by atoms with Gasteiger partial charge in [-0.05, 0) is 18.4 Å². The number of rotatable bonds is 2. The lowest BCUT2D eigenvalue weighted by Gasteiger charge is -2.05. The molecule has 0 aliphatic carbocycles. The van der Waals surface area contributed by atoms with E-state index in [0.29, 0.717) is 0 Å². The highest BCUT2D eigenvalue weighted by Crippen LogP contribution is 2.32. The average Bonchev–Trinajstić information content (AvgIpc) is 2.69. The highest BCUT2D eigenvalue weighted by molar-refractivity contribution is 7.98. The molecule has 0 fully saturated rings. The Balaban J connectivity index is 2.60. The number of benzene rings is 1. The summed E-state index contributed by atoms with van der Waals surface area (Å²) in [6.45, 7) is 0. The minimum absolute atomic E-state index is 0.0322. The van der Waals surface area contributed by atoms with Gasteiger partial charge in [-0.3, -0.25) is 0 Å². The molecule has 3 nitrogen and oxygen atoms in total. The van der Waals surface area contributed by atoms with Crippen LogP contribution in [-0.2, 0) is 0 Å². The molecule has 0 radical (unpaired) electrons. The summed E-state index contributed by atoms with van der Waals surface area (Å²) in [5.74, 6) is -1.86. The molecule has 2 aromatic rings. The number of anilines is 1. The molecule has 2 N–H and O–H groups in total. The summed E-state index contributed by atoms with van der Waals surface area (Å²) < 4.78 is 31.8. The van der Waals surface area contributed by atoms with Gasteiger partial charge in [0.15, 0.2) is 11.6 Å². The Hall–Kier alpha value is -1.56. The van der Waals surface area contributed by atoms with Crippen LogP contribution in [-0.4, -0.2) is 11.4 Å². The van der Waals surface area contributed by atoms with E-state index in [1.54, 1.807) is 6.26 Å². The van der Waals surface area contributed by atoms with Crippen LogP contribution < -0.4 is 5.73 Å². The minimum Gasteiger partial charge on any atom is -0.367 e. The van der Waals surface area contributed by atoms with Gasteiger partial charge in [0.2, 0.25) is 5.88 Å². The van der Waals surface area contributed by atoms with Crippen molar-refractivity contribution in [1.29, 1.82) is 0 Å². The van der Waals surface area contributed by atoms with Crippen LogP contribution in [0.25, 0.3) is 11.1 Å². The lowest BCUT2D eigenvalue weighted by atomic mass is 10.1. The second-order valence-electron chi connectivity index (χ2n) is 3.05. The summed E-state index contributed by atoms with van der Waals surface area (Å²) in [5.41, 5.74) is 5.74. The van der Waals surface area contributed by atoms with Crippen molar-refractivity contribution in [3.8, 4) is 11.1 Å². The third-order valence-corrected chi connectivity index (χ3v) is 2.91. The molecule has 0 amide bonds. The van der Waals surface area contributed by atoms with E-state index in [0.717, 1.165) is 11.8 Å². The zero-order valence-corrected chi connectivity index (χ0v) is 9.15. The minimum atomic E-state index is -0.943. The van der Waals surface area contributed by atoms with Crippen molar-refractivity contribution >= 4 is 17.6 Å². The first-order valence-corrected chi connectivity index (χ1v) is 5.60. The zero-order chi connectivity index (χ0) is 11.7. The Labute approximate surface area is 94.6 Å². The fourth-order valence-electron chi connectivity index (χ4n) is 1.35. The fraction of sp³-hybridized carbons (Fsp3) is 0.100. The van der Waals surface area contributed by atoms with Crippen molar-refractivity contribution in [2.45, 2.75) is 4.90 Å². The van der Waals surface area contributed by atoms with Gasteiger partial charge in [0.05, 0.1) is 11.8 Å². The monoisotopic (exact) mass is 242 g/mol. The summed E-state index contributed by atoms with van der Waals surface area (Å²) in [6.07, 6.45) is 2.93. The Morgan fingerprint density at radius 1 is 1.25 bits per heavy atom. The number of hydrogen-bond acceptors (Lipinski definition) is 4. The molecule has 0 aliphatic heterocycles. The first-order valence-electron chi connectivity index (χ1n) is 4.37. The lowest BCUT2D eigenvalue weighted by Crippen LogP contribution is -1.93. The second-order valence-corrected chi connectivity index (χ2v) is 3.90. The Morgan fingerprint density at radius 3 is 2.56 bits per heavy atom. The maximum absolute atomic E-state index is 13.7. The van der Waals surface area contributed by atoms with Gasteiger partial charge in [-0.2, -0.15) is 0 Å². The van der Waals surface area contributed by atoms with Gasteiger partial charge < -0.3 is 10.3 Å². The Morgan fingerprint density at radius 2 is 2.00 bits per heavy atom. The van der Waals surface area contributed by atoms with Crippen LogP contribution in [0.1, 0.15) is 0 Å². The smallest absolute Gasteiger partial charge is 0.230 e. The molecule has 2 rings (SSSR count). The van der Waals surface area contributed by atoms with Gasteiger partial charge in [-0.15, -0.1) is 11.8 Å². The highest BCUT2D eigenvalue weighted by Gasteiger charge is 2.17. The molecule has 1 aromatic carbocycles. The summed E-state index contributed by atoms with van der Waals surface area (Å²) in [7, 11) is 0. The van der Waals surface area contributed by atoms with Crippen molar-refractivity contribution in [3.05, 3.63) is 30.0 Å². The van der Waals surface area contributed by atoms with Crippen molar-refractivity contribution in [2.24, 2.45) is 0 Å². The third kappa shape index (κ3) is 1.65. The van der Waals surface area contributed by atoms with Crippen LogP contribution in [0.3, 0.4) is 0 Å².